The smallest absolute Gasteiger partial charge is 0.274 e. The number of carbonyl (C=O) groups is 1. The zero-order chi connectivity index (χ0) is 22.0. The summed E-state index contributed by atoms with van der Waals surface area (Å²) in [5.74, 6) is -3.03. The first-order valence-corrected chi connectivity index (χ1v) is 9.61. The molecule has 0 aliphatic rings. The van der Waals surface area contributed by atoms with Gasteiger partial charge in [0.2, 0.25) is 0 Å². The van der Waals surface area contributed by atoms with Crippen molar-refractivity contribution in [3.63, 3.8) is 0 Å². The number of nitrogens with zero attached hydrogens (tertiary/aromatic N) is 3. The summed E-state index contributed by atoms with van der Waals surface area (Å²) >= 11 is 0.620. The molecule has 0 aliphatic carbocycles. The molecule has 0 spiro atoms. The molecular weight excluding hydrogens is 433 g/mol. The second-order valence-electron chi connectivity index (χ2n) is 6.26. The Balaban J connectivity index is 1.77. The van der Waals surface area contributed by atoms with E-state index in [0.717, 1.165) is 12.1 Å². The van der Waals surface area contributed by atoms with Gasteiger partial charge in [0.25, 0.3) is 5.91 Å². The van der Waals surface area contributed by atoms with Gasteiger partial charge in [0.05, 0.1) is 23.3 Å². The normalized spacial score (nSPS) is 11.0. The molecule has 4 rings (SSSR count). The Morgan fingerprint density at radius 3 is 2.45 bits per heavy atom. The number of hydroxylamine groups is 1. The predicted octanol–water partition coefficient (Wildman–Crippen LogP) is 4.27. The molecule has 0 unspecified atom stereocenters. The van der Waals surface area contributed by atoms with Crippen LogP contribution < -0.4 is 5.48 Å². The Morgan fingerprint density at radius 2 is 1.81 bits per heavy atom. The summed E-state index contributed by atoms with van der Waals surface area (Å²) < 4.78 is 50.2. The van der Waals surface area contributed by atoms with Crippen molar-refractivity contribution in [3.05, 3.63) is 83.6 Å². The molecule has 2 heterocycles. The molecule has 0 aliphatic heterocycles. The number of hydrogen-bond donors (Lipinski definition) is 2. The van der Waals surface area contributed by atoms with Gasteiger partial charge in [-0.1, -0.05) is 12.1 Å². The maximum Gasteiger partial charge on any atom is 0.274 e. The lowest BCUT2D eigenvalue weighted by atomic mass is 10.2. The van der Waals surface area contributed by atoms with Gasteiger partial charge in [-0.25, -0.2) is 18.7 Å². The number of benzene rings is 2. The lowest BCUT2D eigenvalue weighted by molar-refractivity contribution is 0.0705. The minimum absolute atomic E-state index is 0.0758. The molecule has 11 heteroatoms. The molecule has 0 radical (unpaired) electrons. The molecule has 7 nitrogen and oxygen atoms in total. The van der Waals surface area contributed by atoms with E-state index < -0.39 is 33.8 Å². The number of amides is 1. The first kappa shape index (κ1) is 20.7. The van der Waals surface area contributed by atoms with Crippen LogP contribution in [0.15, 0.2) is 69.3 Å². The fourth-order valence-corrected chi connectivity index (χ4v) is 3.69. The zero-order valence-electron chi connectivity index (χ0n) is 15.6. The number of nitrogens with one attached hydrogen (secondary N) is 1. The first-order valence-electron chi connectivity index (χ1n) is 8.79. The van der Waals surface area contributed by atoms with E-state index in [1.165, 1.54) is 34.5 Å². The second kappa shape index (κ2) is 8.66. The molecular formula is C20H13F3N4O3S. The summed E-state index contributed by atoms with van der Waals surface area (Å²) in [5, 5.41) is 16.7. The van der Waals surface area contributed by atoms with E-state index in [0.29, 0.717) is 17.5 Å². The van der Waals surface area contributed by atoms with Gasteiger partial charge >= 0.3 is 0 Å². The Morgan fingerprint density at radius 1 is 1.06 bits per heavy atom. The summed E-state index contributed by atoms with van der Waals surface area (Å²) in [6, 6.07) is 10.8. The molecule has 0 saturated carbocycles. The quantitative estimate of drug-likeness (QED) is 0.339. The van der Waals surface area contributed by atoms with Crippen molar-refractivity contribution >= 4 is 17.7 Å². The maximum atomic E-state index is 14.5. The van der Waals surface area contributed by atoms with Gasteiger partial charge in [-0.3, -0.25) is 14.6 Å². The standard InChI is InChI=1S/C20H13F3N4O3S/c21-14-6-2-1-5-13(14)18-24-25-20(27(18)10-12-4-3-7-30-12)31-17-15(22)8-11(9-16(17)23)19(28)26-29/h1-9,29H,10H2,(H,26,28). The maximum absolute atomic E-state index is 14.5. The van der Waals surface area contributed by atoms with Gasteiger partial charge in [0, 0.05) is 5.56 Å². The highest BCUT2D eigenvalue weighted by molar-refractivity contribution is 7.99. The molecule has 0 fully saturated rings. The summed E-state index contributed by atoms with van der Waals surface area (Å²) in [4.78, 5) is 11.0. The van der Waals surface area contributed by atoms with Gasteiger partial charge in [0.1, 0.15) is 23.2 Å². The molecule has 0 bridgehead atoms. The Hall–Kier alpha value is -3.57. The van der Waals surface area contributed by atoms with Crippen molar-refractivity contribution in [3.8, 4) is 11.4 Å². The van der Waals surface area contributed by atoms with Crippen LogP contribution in [0.4, 0.5) is 13.2 Å². The van der Waals surface area contributed by atoms with Crippen molar-refractivity contribution in [1.29, 1.82) is 0 Å². The fraction of sp³-hybridized carbons (Fsp3) is 0.0500. The molecule has 2 aromatic heterocycles. The van der Waals surface area contributed by atoms with Crippen LogP contribution in [0.1, 0.15) is 16.1 Å². The van der Waals surface area contributed by atoms with Gasteiger partial charge in [-0.05, 0) is 48.2 Å². The van der Waals surface area contributed by atoms with E-state index in [9.17, 15) is 18.0 Å². The minimum Gasteiger partial charge on any atom is -0.467 e. The average molecular weight is 446 g/mol. The van der Waals surface area contributed by atoms with Gasteiger partial charge in [-0.2, -0.15) is 0 Å². The molecule has 1 amide bonds. The topological polar surface area (TPSA) is 93.2 Å². The number of carbonyl (C=O) groups excluding carboxylic acids is 1. The highest BCUT2D eigenvalue weighted by Crippen LogP contribution is 2.34. The minimum atomic E-state index is -1.06. The Labute approximate surface area is 177 Å². The van der Waals surface area contributed by atoms with Gasteiger partial charge < -0.3 is 4.42 Å². The highest BCUT2D eigenvalue weighted by atomic mass is 32.2. The van der Waals surface area contributed by atoms with E-state index in [1.807, 2.05) is 0 Å². The molecule has 0 saturated heterocycles. The first-order chi connectivity index (χ1) is 15.0. The molecule has 158 valence electrons. The van der Waals surface area contributed by atoms with Crippen LogP contribution in [0, 0.1) is 17.5 Å². The van der Waals surface area contributed by atoms with Crippen molar-refractivity contribution in [2.24, 2.45) is 0 Å². The van der Waals surface area contributed by atoms with Crippen LogP contribution >= 0.6 is 11.8 Å². The average Bonchev–Trinajstić information content (AvgIpc) is 3.41. The highest BCUT2D eigenvalue weighted by Gasteiger charge is 2.22. The monoisotopic (exact) mass is 446 g/mol. The summed E-state index contributed by atoms with van der Waals surface area (Å²) in [7, 11) is 0. The predicted molar refractivity (Wildman–Crippen MR) is 103 cm³/mol. The summed E-state index contributed by atoms with van der Waals surface area (Å²) in [5.41, 5.74) is 1.07. The van der Waals surface area contributed by atoms with Crippen LogP contribution in [-0.2, 0) is 6.54 Å². The van der Waals surface area contributed by atoms with Gasteiger partial charge in [-0.15, -0.1) is 10.2 Å². The Kier molecular flexibility index (Phi) is 5.78. The number of halogens is 3. The third-order valence-electron chi connectivity index (χ3n) is 4.28. The SMILES string of the molecule is O=C(NO)c1cc(F)c(Sc2nnc(-c3ccccc3F)n2Cc2ccco2)c(F)c1. The van der Waals surface area contributed by atoms with E-state index in [2.05, 4.69) is 10.2 Å². The lowest BCUT2D eigenvalue weighted by Gasteiger charge is -2.11. The molecule has 2 aromatic carbocycles. The number of aromatic nitrogens is 3. The van der Waals surface area contributed by atoms with Crippen LogP contribution in [-0.4, -0.2) is 25.9 Å². The number of rotatable bonds is 6. The van der Waals surface area contributed by atoms with Crippen molar-refractivity contribution in [2.75, 3.05) is 0 Å². The third kappa shape index (κ3) is 4.18. The molecule has 31 heavy (non-hydrogen) atoms. The number of hydrogen-bond acceptors (Lipinski definition) is 6. The second-order valence-corrected chi connectivity index (χ2v) is 7.24. The lowest BCUT2D eigenvalue weighted by Crippen LogP contribution is -2.19. The molecule has 0 atom stereocenters. The van der Waals surface area contributed by atoms with Crippen molar-refractivity contribution < 1.29 is 27.6 Å². The van der Waals surface area contributed by atoms with Crippen LogP contribution in [0.2, 0.25) is 0 Å². The summed E-state index contributed by atoms with van der Waals surface area (Å²) in [6.45, 7) is 0.0836. The van der Waals surface area contributed by atoms with Crippen molar-refractivity contribution in [1.82, 2.24) is 20.2 Å². The van der Waals surface area contributed by atoms with Gasteiger partial charge in [0.15, 0.2) is 11.0 Å². The Bertz CT molecular complexity index is 1220. The van der Waals surface area contributed by atoms with E-state index in [4.69, 9.17) is 9.62 Å². The molecule has 4 aromatic rings. The largest absolute Gasteiger partial charge is 0.467 e. The van der Waals surface area contributed by atoms with Crippen LogP contribution in [0.25, 0.3) is 11.4 Å². The number of furan rings is 1. The summed E-state index contributed by atoms with van der Waals surface area (Å²) in [6.07, 6.45) is 1.46. The van der Waals surface area contributed by atoms with Crippen molar-refractivity contribution in [2.45, 2.75) is 16.6 Å². The molecule has 2 N–H and O–H groups in total. The van der Waals surface area contributed by atoms with Crippen LogP contribution in [0.3, 0.4) is 0 Å². The third-order valence-corrected chi connectivity index (χ3v) is 5.36. The van der Waals surface area contributed by atoms with E-state index in [1.54, 1.807) is 18.2 Å². The van der Waals surface area contributed by atoms with E-state index >= 15 is 0 Å². The zero-order valence-corrected chi connectivity index (χ0v) is 16.4. The van der Waals surface area contributed by atoms with Crippen LogP contribution in [0.5, 0.6) is 0 Å². The van der Waals surface area contributed by atoms with E-state index in [-0.39, 0.29) is 23.1 Å². The fourth-order valence-electron chi connectivity index (χ4n) is 2.85.